The van der Waals surface area contributed by atoms with E-state index in [1.54, 1.807) is 0 Å². The number of hydrogen-bond acceptors (Lipinski definition) is 3. The zero-order valence-electron chi connectivity index (χ0n) is 13.6. The molecular weight excluding hydrogens is 316 g/mol. The quantitative estimate of drug-likeness (QED) is 0.751. The number of hydrogen-bond donors (Lipinski definition) is 2. The Hall–Kier alpha value is -3.15. The molecule has 1 aliphatic heterocycles. The van der Waals surface area contributed by atoms with Crippen molar-refractivity contribution < 1.29 is 9.59 Å². The maximum Gasteiger partial charge on any atom is 0.250 e. The Morgan fingerprint density at radius 1 is 1.12 bits per heavy atom. The van der Waals surface area contributed by atoms with Crippen LogP contribution >= 0.6 is 0 Å². The van der Waals surface area contributed by atoms with Crippen LogP contribution in [0.5, 0.6) is 0 Å². The van der Waals surface area contributed by atoms with E-state index in [9.17, 15) is 9.59 Å². The van der Waals surface area contributed by atoms with Gasteiger partial charge in [0.2, 0.25) is 17.8 Å². The first-order valence-electron chi connectivity index (χ1n) is 8.31. The summed E-state index contributed by atoms with van der Waals surface area (Å²) in [7, 11) is 0. The number of carbonyl (C=O) groups is 2. The van der Waals surface area contributed by atoms with Crippen molar-refractivity contribution in [2.24, 2.45) is 0 Å². The fraction of sp³-hybridized carbons (Fsp3) is 0.211. The largest absolute Gasteiger partial charge is 0.356 e. The van der Waals surface area contributed by atoms with Gasteiger partial charge in [0.25, 0.3) is 0 Å². The van der Waals surface area contributed by atoms with Crippen LogP contribution in [0.25, 0.3) is 11.0 Å². The fourth-order valence-corrected chi connectivity index (χ4v) is 3.18. The van der Waals surface area contributed by atoms with Crippen LogP contribution < -0.4 is 10.6 Å². The number of amides is 2. The lowest BCUT2D eigenvalue weighted by Crippen LogP contribution is -2.30. The number of rotatable bonds is 5. The Morgan fingerprint density at radius 3 is 2.72 bits per heavy atom. The third kappa shape index (κ3) is 2.98. The monoisotopic (exact) mass is 334 g/mol. The van der Waals surface area contributed by atoms with E-state index >= 15 is 0 Å². The number of carbonyl (C=O) groups excluding carboxylic acids is 2. The molecule has 25 heavy (non-hydrogen) atoms. The fourth-order valence-electron chi connectivity index (χ4n) is 3.18. The molecule has 0 radical (unpaired) electrons. The molecule has 2 amide bonds. The number of anilines is 1. The van der Waals surface area contributed by atoms with E-state index in [0.29, 0.717) is 12.5 Å². The molecule has 0 saturated carbocycles. The van der Waals surface area contributed by atoms with Gasteiger partial charge in [-0.1, -0.05) is 42.5 Å². The summed E-state index contributed by atoms with van der Waals surface area (Å²) in [4.78, 5) is 28.9. The summed E-state index contributed by atoms with van der Waals surface area (Å²) in [5.74, 6) is 0.182. The van der Waals surface area contributed by atoms with Gasteiger partial charge >= 0.3 is 0 Å². The average molecular weight is 334 g/mol. The Balaban J connectivity index is 1.43. The summed E-state index contributed by atoms with van der Waals surface area (Å²) in [5, 5.41) is 5.65. The minimum atomic E-state index is -0.556. The Kier molecular flexibility index (Phi) is 3.93. The van der Waals surface area contributed by atoms with Gasteiger partial charge in [-0.3, -0.25) is 19.5 Å². The number of imidazole rings is 1. The number of nitrogens with one attached hydrogen (secondary N) is 2. The topological polar surface area (TPSA) is 76.0 Å². The molecule has 0 fully saturated rings. The maximum absolute atomic E-state index is 12.3. The summed E-state index contributed by atoms with van der Waals surface area (Å²) < 4.78 is 1.81. The molecule has 2 heterocycles. The maximum atomic E-state index is 12.3. The molecule has 0 spiro atoms. The molecule has 1 aromatic heterocycles. The van der Waals surface area contributed by atoms with Crippen LogP contribution in [0.1, 0.15) is 18.0 Å². The molecule has 2 N–H and O–H groups in total. The normalized spacial score (nSPS) is 15.8. The molecule has 0 saturated heterocycles. The van der Waals surface area contributed by atoms with E-state index in [1.807, 2.05) is 59.2 Å². The number of fused-ring (bicyclic) bond motifs is 3. The Labute approximate surface area is 144 Å². The minimum absolute atomic E-state index is 0.105. The second-order valence-corrected chi connectivity index (χ2v) is 6.09. The summed E-state index contributed by atoms with van der Waals surface area (Å²) in [6.45, 7) is 0.550. The zero-order chi connectivity index (χ0) is 17.2. The van der Waals surface area contributed by atoms with Crippen molar-refractivity contribution in [1.82, 2.24) is 14.9 Å². The third-order valence-electron chi connectivity index (χ3n) is 4.40. The zero-order valence-corrected chi connectivity index (χ0v) is 13.6. The van der Waals surface area contributed by atoms with Crippen LogP contribution in [0.2, 0.25) is 0 Å². The molecule has 1 atom stereocenters. The minimum Gasteiger partial charge on any atom is -0.356 e. The average Bonchev–Trinajstić information content (AvgIpc) is 3.12. The molecule has 126 valence electrons. The van der Waals surface area contributed by atoms with Gasteiger partial charge < -0.3 is 5.32 Å². The molecule has 2 aromatic carbocycles. The van der Waals surface area contributed by atoms with Crippen LogP contribution in [-0.2, 0) is 16.0 Å². The Morgan fingerprint density at radius 2 is 1.88 bits per heavy atom. The first-order chi connectivity index (χ1) is 12.2. The van der Waals surface area contributed by atoms with E-state index in [-0.39, 0.29) is 18.2 Å². The van der Waals surface area contributed by atoms with Gasteiger partial charge in [-0.25, -0.2) is 4.98 Å². The van der Waals surface area contributed by atoms with Gasteiger partial charge in [0.15, 0.2) is 0 Å². The standard InChI is InChI=1S/C19H18N4O2/c24-17(20-11-10-13-6-2-1-3-7-13)12-16-18(25)22-19-21-14-8-4-5-9-15(14)23(16)19/h1-9,16H,10-12H2,(H,20,24)(H,21,22,25). The lowest BCUT2D eigenvalue weighted by molar-refractivity contribution is -0.126. The molecule has 6 heteroatoms. The molecule has 1 unspecified atom stereocenters. The van der Waals surface area contributed by atoms with E-state index < -0.39 is 6.04 Å². The smallest absolute Gasteiger partial charge is 0.250 e. The molecule has 3 aromatic rings. The molecule has 4 rings (SSSR count). The molecule has 6 nitrogen and oxygen atoms in total. The highest BCUT2D eigenvalue weighted by molar-refractivity contribution is 6.01. The molecule has 1 aliphatic rings. The van der Waals surface area contributed by atoms with Crippen molar-refractivity contribution in [2.45, 2.75) is 18.9 Å². The predicted octanol–water partition coefficient (Wildman–Crippen LogP) is 2.28. The predicted molar refractivity (Wildman–Crippen MR) is 95.2 cm³/mol. The van der Waals surface area contributed by atoms with Crippen LogP contribution in [0.15, 0.2) is 54.6 Å². The highest BCUT2D eigenvalue weighted by Crippen LogP contribution is 2.31. The van der Waals surface area contributed by atoms with Crippen molar-refractivity contribution in [3.8, 4) is 0 Å². The van der Waals surface area contributed by atoms with Gasteiger partial charge in [-0.15, -0.1) is 0 Å². The van der Waals surface area contributed by atoms with Crippen molar-refractivity contribution in [3.63, 3.8) is 0 Å². The second kappa shape index (κ2) is 6.39. The van der Waals surface area contributed by atoms with Crippen LogP contribution in [0.3, 0.4) is 0 Å². The first-order valence-corrected chi connectivity index (χ1v) is 8.31. The van der Waals surface area contributed by atoms with Gasteiger partial charge in [0.1, 0.15) is 6.04 Å². The van der Waals surface area contributed by atoms with E-state index in [4.69, 9.17) is 0 Å². The molecular formula is C19H18N4O2. The van der Waals surface area contributed by atoms with E-state index in [2.05, 4.69) is 15.6 Å². The van der Waals surface area contributed by atoms with Crippen molar-refractivity contribution in [2.75, 3.05) is 11.9 Å². The van der Waals surface area contributed by atoms with Gasteiger partial charge in [-0.2, -0.15) is 0 Å². The Bertz CT molecular complexity index is 933. The summed E-state index contributed by atoms with van der Waals surface area (Å²) in [6, 6.07) is 17.0. The highest BCUT2D eigenvalue weighted by Gasteiger charge is 2.34. The SMILES string of the molecule is O=C(CC1C(=O)Nc2nc3ccccc3n21)NCCc1ccccc1. The lowest BCUT2D eigenvalue weighted by atomic mass is 10.1. The van der Waals surface area contributed by atoms with Gasteiger partial charge in [0, 0.05) is 6.54 Å². The van der Waals surface area contributed by atoms with E-state index in [1.165, 1.54) is 5.56 Å². The van der Waals surface area contributed by atoms with E-state index in [0.717, 1.165) is 17.5 Å². The number of aromatic nitrogens is 2. The second-order valence-electron chi connectivity index (χ2n) is 6.09. The summed E-state index contributed by atoms with van der Waals surface area (Å²) in [6.07, 6.45) is 0.872. The first kappa shape index (κ1) is 15.4. The third-order valence-corrected chi connectivity index (χ3v) is 4.40. The number of para-hydroxylation sites is 2. The highest BCUT2D eigenvalue weighted by atomic mass is 16.2. The van der Waals surface area contributed by atoms with Gasteiger partial charge in [0.05, 0.1) is 17.5 Å². The van der Waals surface area contributed by atoms with Crippen molar-refractivity contribution in [1.29, 1.82) is 0 Å². The summed E-state index contributed by atoms with van der Waals surface area (Å²) in [5.41, 5.74) is 2.84. The van der Waals surface area contributed by atoms with Gasteiger partial charge in [-0.05, 0) is 24.1 Å². The number of nitrogens with zero attached hydrogens (tertiary/aromatic N) is 2. The van der Waals surface area contributed by atoms with Crippen molar-refractivity contribution >= 4 is 28.8 Å². The number of benzene rings is 2. The molecule has 0 bridgehead atoms. The van der Waals surface area contributed by atoms with Crippen LogP contribution in [-0.4, -0.2) is 27.9 Å². The lowest BCUT2D eigenvalue weighted by Gasteiger charge is -2.12. The van der Waals surface area contributed by atoms with Crippen LogP contribution in [0, 0.1) is 0 Å². The van der Waals surface area contributed by atoms with Crippen molar-refractivity contribution in [3.05, 3.63) is 60.2 Å². The molecule has 0 aliphatic carbocycles. The van der Waals surface area contributed by atoms with Crippen LogP contribution in [0.4, 0.5) is 5.95 Å². The summed E-state index contributed by atoms with van der Waals surface area (Å²) >= 11 is 0.